The van der Waals surface area contributed by atoms with Gasteiger partial charge in [0.05, 0.1) is 34.9 Å². The van der Waals surface area contributed by atoms with E-state index < -0.39 is 0 Å². The number of nitriles is 1. The van der Waals surface area contributed by atoms with E-state index >= 15 is 0 Å². The molecule has 0 amide bonds. The summed E-state index contributed by atoms with van der Waals surface area (Å²) in [6.45, 7) is 8.02. The molecule has 4 rings (SSSR count). The van der Waals surface area contributed by atoms with Crippen LogP contribution in [0.5, 0.6) is 0 Å². The highest BCUT2D eigenvalue weighted by Crippen LogP contribution is 2.34. The van der Waals surface area contributed by atoms with Crippen LogP contribution in [0.4, 0.5) is 17.3 Å². The summed E-state index contributed by atoms with van der Waals surface area (Å²) in [4.78, 5) is 18.1. The predicted molar refractivity (Wildman–Crippen MR) is 124 cm³/mol. The van der Waals surface area contributed by atoms with E-state index in [0.29, 0.717) is 17.2 Å². The Labute approximate surface area is 182 Å². The fraction of sp³-hybridized carbons (Fsp3) is 0.250. The summed E-state index contributed by atoms with van der Waals surface area (Å²) in [5.74, 6) is 2.20. The molecule has 0 saturated carbocycles. The Kier molecular flexibility index (Phi) is 5.80. The van der Waals surface area contributed by atoms with Crippen LogP contribution in [0.3, 0.4) is 0 Å². The van der Waals surface area contributed by atoms with Gasteiger partial charge in [0.25, 0.3) is 0 Å². The number of hydrogen-bond donors (Lipinski definition) is 1. The Morgan fingerprint density at radius 3 is 2.87 bits per heavy atom. The van der Waals surface area contributed by atoms with E-state index in [9.17, 15) is 5.26 Å². The molecule has 156 valence electrons. The highest BCUT2D eigenvalue weighted by Gasteiger charge is 2.23. The molecule has 1 N–H and O–H groups in total. The van der Waals surface area contributed by atoms with E-state index in [1.807, 2.05) is 24.3 Å². The average molecular weight is 412 g/mol. The second kappa shape index (κ2) is 8.84. The Morgan fingerprint density at radius 1 is 1.19 bits per heavy atom. The third-order valence-corrected chi connectivity index (χ3v) is 5.33. The first-order valence-electron chi connectivity index (χ1n) is 10.4. The molecular formula is C24H25N7. The van der Waals surface area contributed by atoms with Crippen LogP contribution in [0, 0.1) is 11.3 Å². The van der Waals surface area contributed by atoms with Gasteiger partial charge in [0.2, 0.25) is 0 Å². The van der Waals surface area contributed by atoms with Gasteiger partial charge in [-0.3, -0.25) is 4.98 Å². The van der Waals surface area contributed by atoms with Crippen molar-refractivity contribution in [3.63, 3.8) is 0 Å². The van der Waals surface area contributed by atoms with Crippen LogP contribution in [-0.2, 0) is 6.42 Å². The molecule has 0 bridgehead atoms. The number of aromatic nitrogens is 3. The predicted octanol–water partition coefficient (Wildman–Crippen LogP) is 4.20. The summed E-state index contributed by atoms with van der Waals surface area (Å²) in [5, 5.41) is 12.6. The maximum absolute atomic E-state index is 9.25. The summed E-state index contributed by atoms with van der Waals surface area (Å²) in [7, 11) is 2.08. The second-order valence-electron chi connectivity index (χ2n) is 7.48. The van der Waals surface area contributed by atoms with Crippen LogP contribution in [-0.4, -0.2) is 35.1 Å². The zero-order valence-electron chi connectivity index (χ0n) is 17.8. The lowest BCUT2D eigenvalue weighted by Gasteiger charge is -2.27. The first-order chi connectivity index (χ1) is 15.1. The van der Waals surface area contributed by atoms with Crippen molar-refractivity contribution in [2.45, 2.75) is 19.8 Å². The van der Waals surface area contributed by atoms with Gasteiger partial charge in [-0.15, -0.1) is 0 Å². The standard InChI is InChI=1S/C24H25N7/c1-4-20-15-26-16-23(28-20)27-17(2)31-12-6-11-30(3)22-10-9-21(29-24(22)31)19-8-5-7-18(13-19)14-25/h5,7-10,13,15-16H,2,4,6,11-12H2,1,3H3,(H,27,28). The summed E-state index contributed by atoms with van der Waals surface area (Å²) in [6.07, 6.45) is 5.26. The van der Waals surface area contributed by atoms with Gasteiger partial charge in [0, 0.05) is 31.9 Å². The molecule has 7 heteroatoms. The van der Waals surface area contributed by atoms with Gasteiger partial charge in [-0.25, -0.2) is 9.97 Å². The van der Waals surface area contributed by atoms with Crippen LogP contribution in [0.15, 0.2) is 61.2 Å². The number of rotatable bonds is 5. The normalized spacial score (nSPS) is 13.2. The molecule has 3 heterocycles. The van der Waals surface area contributed by atoms with Gasteiger partial charge in [-0.1, -0.05) is 25.6 Å². The lowest BCUT2D eigenvalue weighted by Crippen LogP contribution is -2.28. The number of pyridine rings is 1. The zero-order valence-corrected chi connectivity index (χ0v) is 17.8. The molecular weight excluding hydrogens is 386 g/mol. The lowest BCUT2D eigenvalue weighted by atomic mass is 10.1. The van der Waals surface area contributed by atoms with Crippen molar-refractivity contribution >= 4 is 17.3 Å². The smallest absolute Gasteiger partial charge is 0.158 e. The van der Waals surface area contributed by atoms with Crippen LogP contribution < -0.4 is 15.1 Å². The van der Waals surface area contributed by atoms with Crippen LogP contribution in [0.1, 0.15) is 24.6 Å². The third kappa shape index (κ3) is 4.33. The van der Waals surface area contributed by atoms with Gasteiger partial charge < -0.3 is 15.1 Å². The first-order valence-corrected chi connectivity index (χ1v) is 10.4. The minimum Gasteiger partial charge on any atom is -0.372 e. The zero-order chi connectivity index (χ0) is 21.8. The molecule has 31 heavy (non-hydrogen) atoms. The van der Waals surface area contributed by atoms with Gasteiger partial charge in [-0.2, -0.15) is 5.26 Å². The van der Waals surface area contributed by atoms with Gasteiger partial charge in [0.1, 0.15) is 11.6 Å². The molecule has 0 aliphatic carbocycles. The van der Waals surface area contributed by atoms with Crippen molar-refractivity contribution < 1.29 is 0 Å². The van der Waals surface area contributed by atoms with Crippen molar-refractivity contribution in [1.82, 2.24) is 15.0 Å². The molecule has 0 radical (unpaired) electrons. The van der Waals surface area contributed by atoms with Crippen molar-refractivity contribution in [2.24, 2.45) is 0 Å². The van der Waals surface area contributed by atoms with Crippen LogP contribution in [0.25, 0.3) is 11.3 Å². The largest absolute Gasteiger partial charge is 0.372 e. The summed E-state index contributed by atoms with van der Waals surface area (Å²) < 4.78 is 0. The average Bonchev–Trinajstić information content (AvgIpc) is 2.97. The quantitative estimate of drug-likeness (QED) is 0.674. The molecule has 0 unspecified atom stereocenters. The van der Waals surface area contributed by atoms with E-state index in [1.54, 1.807) is 18.5 Å². The van der Waals surface area contributed by atoms with Crippen molar-refractivity contribution in [3.05, 3.63) is 72.4 Å². The fourth-order valence-corrected chi connectivity index (χ4v) is 3.65. The second-order valence-corrected chi connectivity index (χ2v) is 7.48. The van der Waals surface area contributed by atoms with Crippen LogP contribution in [0.2, 0.25) is 0 Å². The summed E-state index contributed by atoms with van der Waals surface area (Å²) in [5.41, 5.74) is 4.30. The highest BCUT2D eigenvalue weighted by molar-refractivity contribution is 5.75. The topological polar surface area (TPSA) is 81.0 Å². The Hall–Kier alpha value is -3.92. The first kappa shape index (κ1) is 20.4. The maximum Gasteiger partial charge on any atom is 0.158 e. The number of nitrogens with one attached hydrogen (secondary N) is 1. The third-order valence-electron chi connectivity index (χ3n) is 5.33. The van der Waals surface area contributed by atoms with E-state index in [-0.39, 0.29) is 0 Å². The molecule has 1 aliphatic heterocycles. The number of fused-ring (bicyclic) bond motifs is 1. The number of aryl methyl sites for hydroxylation is 1. The molecule has 1 aliphatic rings. The van der Waals surface area contributed by atoms with E-state index in [1.165, 1.54) is 0 Å². The Morgan fingerprint density at radius 2 is 2.06 bits per heavy atom. The minimum absolute atomic E-state index is 0.615. The highest BCUT2D eigenvalue weighted by atomic mass is 15.3. The van der Waals surface area contributed by atoms with Gasteiger partial charge in [0.15, 0.2) is 5.82 Å². The lowest BCUT2D eigenvalue weighted by molar-refractivity contribution is 0.788. The number of anilines is 3. The fourth-order valence-electron chi connectivity index (χ4n) is 3.65. The molecule has 2 aromatic heterocycles. The molecule has 7 nitrogen and oxygen atoms in total. The summed E-state index contributed by atoms with van der Waals surface area (Å²) >= 11 is 0. The molecule has 0 atom stereocenters. The molecule has 0 fully saturated rings. The van der Waals surface area contributed by atoms with Crippen molar-refractivity contribution in [3.8, 4) is 17.3 Å². The van der Waals surface area contributed by atoms with Crippen molar-refractivity contribution in [2.75, 3.05) is 35.3 Å². The van der Waals surface area contributed by atoms with Crippen LogP contribution >= 0.6 is 0 Å². The SMILES string of the molecule is C=C(Nc1cncc(CC)n1)N1CCCN(C)c2ccc(-c3cccc(C#N)c3)nc21. The summed E-state index contributed by atoms with van der Waals surface area (Å²) in [6, 6.07) is 13.8. The van der Waals surface area contributed by atoms with Gasteiger partial charge >= 0.3 is 0 Å². The monoisotopic (exact) mass is 411 g/mol. The number of benzene rings is 1. The van der Waals surface area contributed by atoms with E-state index in [0.717, 1.165) is 54.4 Å². The number of hydrogen-bond acceptors (Lipinski definition) is 7. The Balaban J connectivity index is 1.70. The molecule has 0 saturated heterocycles. The Bertz CT molecular complexity index is 1150. The number of nitrogens with zero attached hydrogens (tertiary/aromatic N) is 6. The minimum atomic E-state index is 0.615. The molecule has 3 aromatic rings. The van der Waals surface area contributed by atoms with E-state index in [2.05, 4.69) is 57.8 Å². The molecule has 0 spiro atoms. The molecule has 1 aromatic carbocycles. The van der Waals surface area contributed by atoms with E-state index in [4.69, 9.17) is 4.98 Å². The van der Waals surface area contributed by atoms with Gasteiger partial charge in [-0.05, 0) is 37.1 Å². The van der Waals surface area contributed by atoms with Crippen molar-refractivity contribution in [1.29, 1.82) is 5.26 Å². The maximum atomic E-state index is 9.25.